The summed E-state index contributed by atoms with van der Waals surface area (Å²) in [5.41, 5.74) is 0.898. The van der Waals surface area contributed by atoms with E-state index in [1.165, 1.54) is 19.1 Å². The second kappa shape index (κ2) is 7.79. The number of carbonyl (C=O) groups excluding carboxylic acids is 1. The topological polar surface area (TPSA) is 114 Å². The summed E-state index contributed by atoms with van der Waals surface area (Å²) in [6, 6.07) is 6.24. The molecule has 132 valence electrons. The van der Waals surface area contributed by atoms with Crippen LogP contribution in [0.25, 0.3) is 0 Å². The molecule has 0 unspecified atom stereocenters. The Bertz CT molecular complexity index is 864. The fourth-order valence-corrected chi connectivity index (χ4v) is 2.38. The zero-order valence-electron chi connectivity index (χ0n) is 13.4. The number of aryl methyl sites for hydroxylation is 1. The van der Waals surface area contributed by atoms with E-state index in [2.05, 4.69) is 32.2 Å². The summed E-state index contributed by atoms with van der Waals surface area (Å²) in [7, 11) is -3.36. The van der Waals surface area contributed by atoms with E-state index in [4.69, 9.17) is 0 Å². The van der Waals surface area contributed by atoms with Crippen molar-refractivity contribution in [3.05, 3.63) is 53.7 Å². The fourth-order valence-electron chi connectivity index (χ4n) is 1.83. The summed E-state index contributed by atoms with van der Waals surface area (Å²) in [5, 5.41) is 6.16. The molecule has 8 nitrogen and oxygen atoms in total. The fraction of sp³-hybridized carbons (Fsp3) is 0.200. The molecular formula is C15H16FN5O3S. The van der Waals surface area contributed by atoms with Gasteiger partial charge in [0, 0.05) is 23.2 Å². The summed E-state index contributed by atoms with van der Waals surface area (Å²) in [5.74, 6) is -0.336. The van der Waals surface area contributed by atoms with Crippen LogP contribution in [-0.2, 0) is 9.84 Å². The lowest BCUT2D eigenvalue weighted by Gasteiger charge is -2.07. The van der Waals surface area contributed by atoms with Crippen LogP contribution in [-0.4, -0.2) is 41.6 Å². The lowest BCUT2D eigenvalue weighted by Crippen LogP contribution is -2.28. The zero-order valence-corrected chi connectivity index (χ0v) is 14.2. The Morgan fingerprint density at radius 2 is 1.92 bits per heavy atom. The molecule has 0 spiro atoms. The molecule has 0 radical (unpaired) electrons. The summed E-state index contributed by atoms with van der Waals surface area (Å²) in [6.07, 6.45) is -0.888. The summed E-state index contributed by atoms with van der Waals surface area (Å²) < 4.78 is 35.7. The van der Waals surface area contributed by atoms with Crippen LogP contribution in [0.5, 0.6) is 0 Å². The molecule has 1 aromatic carbocycles. The van der Waals surface area contributed by atoms with Crippen molar-refractivity contribution in [2.45, 2.75) is 6.92 Å². The van der Waals surface area contributed by atoms with Crippen molar-refractivity contribution in [2.75, 3.05) is 17.6 Å². The van der Waals surface area contributed by atoms with Gasteiger partial charge in [-0.25, -0.2) is 8.42 Å². The van der Waals surface area contributed by atoms with Crippen LogP contribution in [0.15, 0.2) is 36.3 Å². The van der Waals surface area contributed by atoms with Gasteiger partial charge in [-0.15, -0.1) is 0 Å². The molecule has 1 heterocycles. The molecule has 0 aliphatic heterocycles. The maximum absolute atomic E-state index is 13.1. The average Bonchev–Trinajstić information content (AvgIpc) is 2.54. The largest absolute Gasteiger partial charge is 0.351 e. The van der Waals surface area contributed by atoms with Gasteiger partial charge in [-0.1, -0.05) is 6.58 Å². The molecule has 0 saturated carbocycles. The van der Waals surface area contributed by atoms with Crippen molar-refractivity contribution in [3.8, 4) is 0 Å². The van der Waals surface area contributed by atoms with Crippen LogP contribution in [0.3, 0.4) is 0 Å². The molecule has 0 bridgehead atoms. The normalized spacial score (nSPS) is 11.0. The highest BCUT2D eigenvalue weighted by Gasteiger charge is 2.09. The minimum Gasteiger partial charge on any atom is -0.351 e. The third kappa shape index (κ3) is 5.60. The molecule has 0 aliphatic carbocycles. The number of carbonyl (C=O) groups is 1. The summed E-state index contributed by atoms with van der Waals surface area (Å²) in [4.78, 5) is 22.8. The zero-order chi connectivity index (χ0) is 18.4. The number of halogens is 1. The van der Waals surface area contributed by atoms with E-state index in [1.54, 1.807) is 12.1 Å². The van der Waals surface area contributed by atoms with Crippen LogP contribution in [0.4, 0.5) is 16.0 Å². The number of amides is 1. The van der Waals surface area contributed by atoms with Gasteiger partial charge in [-0.05, 0) is 31.2 Å². The summed E-state index contributed by atoms with van der Waals surface area (Å²) >= 11 is 0. The Balaban J connectivity index is 1.97. The SMILES string of the molecule is C=CS(=O)(=O)CCNC(=O)c1ccc(Nc2nc(C)nc(F)n2)cc1. The Morgan fingerprint density at radius 3 is 2.52 bits per heavy atom. The third-order valence-corrected chi connectivity index (χ3v) is 4.33. The highest BCUT2D eigenvalue weighted by Crippen LogP contribution is 2.14. The lowest BCUT2D eigenvalue weighted by atomic mass is 10.2. The molecular weight excluding hydrogens is 349 g/mol. The molecule has 10 heteroatoms. The molecule has 0 atom stereocenters. The highest BCUT2D eigenvalue weighted by molar-refractivity contribution is 7.94. The second-order valence-electron chi connectivity index (χ2n) is 4.97. The number of nitrogens with one attached hydrogen (secondary N) is 2. The van der Waals surface area contributed by atoms with E-state index < -0.39 is 21.8 Å². The standard InChI is InChI=1S/C15H16FN5O3S/c1-3-25(23,24)9-8-17-13(22)11-4-6-12(7-5-11)20-15-19-10(2)18-14(16)21-15/h3-7H,1,8-9H2,2H3,(H,17,22)(H,18,19,20,21). The minimum absolute atomic E-state index is 0.0173. The molecule has 0 fully saturated rings. The van der Waals surface area contributed by atoms with Gasteiger partial charge in [0.15, 0.2) is 9.84 Å². The van der Waals surface area contributed by atoms with E-state index in [9.17, 15) is 17.6 Å². The highest BCUT2D eigenvalue weighted by atomic mass is 32.2. The van der Waals surface area contributed by atoms with E-state index in [0.717, 1.165) is 5.41 Å². The number of rotatable bonds is 7. The number of nitrogens with zero attached hydrogens (tertiary/aromatic N) is 3. The van der Waals surface area contributed by atoms with Crippen molar-refractivity contribution < 1.29 is 17.6 Å². The van der Waals surface area contributed by atoms with Crippen LogP contribution < -0.4 is 10.6 Å². The van der Waals surface area contributed by atoms with Gasteiger partial charge >= 0.3 is 6.08 Å². The van der Waals surface area contributed by atoms with E-state index >= 15 is 0 Å². The van der Waals surface area contributed by atoms with Crippen molar-refractivity contribution in [3.63, 3.8) is 0 Å². The number of benzene rings is 1. The molecule has 0 aliphatic rings. The van der Waals surface area contributed by atoms with Crippen LogP contribution in [0.2, 0.25) is 0 Å². The molecule has 0 saturated heterocycles. The number of hydrogen-bond donors (Lipinski definition) is 2. The molecule has 2 N–H and O–H groups in total. The molecule has 2 aromatic rings. The van der Waals surface area contributed by atoms with E-state index in [1.807, 2.05) is 0 Å². The van der Waals surface area contributed by atoms with E-state index in [0.29, 0.717) is 11.3 Å². The second-order valence-corrected chi connectivity index (χ2v) is 7.03. The first-order valence-corrected chi connectivity index (χ1v) is 8.89. The Labute approximate surface area is 144 Å². The number of sulfone groups is 1. The monoisotopic (exact) mass is 365 g/mol. The van der Waals surface area contributed by atoms with Crippen LogP contribution >= 0.6 is 0 Å². The maximum atomic E-state index is 13.1. The minimum atomic E-state index is -3.36. The van der Waals surface area contributed by atoms with Gasteiger partial charge in [0.05, 0.1) is 5.75 Å². The first-order chi connectivity index (χ1) is 11.8. The van der Waals surface area contributed by atoms with Gasteiger partial charge in [0.25, 0.3) is 5.91 Å². The maximum Gasteiger partial charge on any atom is 0.313 e. The van der Waals surface area contributed by atoms with Crippen molar-refractivity contribution in [1.82, 2.24) is 20.3 Å². The Hall–Kier alpha value is -2.88. The van der Waals surface area contributed by atoms with Gasteiger partial charge < -0.3 is 10.6 Å². The van der Waals surface area contributed by atoms with E-state index in [-0.39, 0.29) is 24.1 Å². The summed E-state index contributed by atoms with van der Waals surface area (Å²) in [6.45, 7) is 4.72. The number of anilines is 2. The number of aromatic nitrogens is 3. The van der Waals surface area contributed by atoms with Gasteiger partial charge in [0.1, 0.15) is 5.82 Å². The van der Waals surface area contributed by atoms with Crippen molar-refractivity contribution in [1.29, 1.82) is 0 Å². The van der Waals surface area contributed by atoms with Crippen molar-refractivity contribution >= 4 is 27.4 Å². The molecule has 1 amide bonds. The van der Waals surface area contributed by atoms with Crippen LogP contribution in [0.1, 0.15) is 16.2 Å². The molecule has 25 heavy (non-hydrogen) atoms. The van der Waals surface area contributed by atoms with Gasteiger partial charge in [-0.3, -0.25) is 4.79 Å². The van der Waals surface area contributed by atoms with Crippen LogP contribution in [0, 0.1) is 13.0 Å². The molecule has 1 aromatic heterocycles. The van der Waals surface area contributed by atoms with Gasteiger partial charge in [0.2, 0.25) is 5.95 Å². The quantitative estimate of drug-likeness (QED) is 0.761. The third-order valence-electron chi connectivity index (χ3n) is 3.05. The average molecular weight is 365 g/mol. The van der Waals surface area contributed by atoms with Crippen molar-refractivity contribution in [2.24, 2.45) is 0 Å². The Kier molecular flexibility index (Phi) is 5.75. The lowest BCUT2D eigenvalue weighted by molar-refractivity contribution is 0.0956. The first-order valence-electron chi connectivity index (χ1n) is 7.18. The Morgan fingerprint density at radius 1 is 1.24 bits per heavy atom. The smallest absolute Gasteiger partial charge is 0.313 e. The predicted octanol–water partition coefficient (Wildman–Crippen LogP) is 1.35. The number of hydrogen-bond acceptors (Lipinski definition) is 7. The first kappa shape index (κ1) is 18.5. The predicted molar refractivity (Wildman–Crippen MR) is 90.6 cm³/mol. The molecule has 2 rings (SSSR count). The van der Waals surface area contributed by atoms with Gasteiger partial charge in [-0.2, -0.15) is 19.3 Å².